The van der Waals surface area contributed by atoms with Crippen LogP contribution < -0.4 is 15.0 Å². The summed E-state index contributed by atoms with van der Waals surface area (Å²) in [5, 5.41) is 5.01. The Hall–Kier alpha value is -2.99. The van der Waals surface area contributed by atoms with E-state index in [-0.39, 0.29) is 24.7 Å². The van der Waals surface area contributed by atoms with Crippen molar-refractivity contribution in [3.05, 3.63) is 66.7 Å². The van der Waals surface area contributed by atoms with Crippen LogP contribution in [-0.4, -0.2) is 37.3 Å². The Morgan fingerprint density at radius 2 is 1.77 bits per heavy atom. The molecule has 154 valence electrons. The number of rotatable bonds is 7. The Kier molecular flexibility index (Phi) is 6.54. The zero-order chi connectivity index (χ0) is 20.8. The predicted molar refractivity (Wildman–Crippen MR) is 121 cm³/mol. The first-order chi connectivity index (χ1) is 14.7. The molecule has 0 radical (unpaired) electrons. The summed E-state index contributed by atoms with van der Waals surface area (Å²) in [5.41, 5.74) is 0.947. The highest BCUT2D eigenvalue weighted by atomic mass is 32.2. The number of carbonyl (C=O) groups excluding carboxylic acids is 2. The average molecular weight is 421 g/mol. The molecule has 0 spiro atoms. The first-order valence-electron chi connectivity index (χ1n) is 10.1. The summed E-state index contributed by atoms with van der Waals surface area (Å²) in [6.45, 7) is 1.46. The van der Waals surface area contributed by atoms with E-state index in [0.29, 0.717) is 19.7 Å². The zero-order valence-corrected chi connectivity index (χ0v) is 17.5. The molecule has 1 aliphatic rings. The molecule has 4 rings (SSSR count). The molecule has 6 heteroatoms. The predicted octanol–water partition coefficient (Wildman–Crippen LogP) is 4.25. The minimum Gasteiger partial charge on any atom is -0.491 e. The maximum Gasteiger partial charge on any atom is 0.227 e. The Labute approximate surface area is 180 Å². The van der Waals surface area contributed by atoms with Crippen LogP contribution in [0.3, 0.4) is 0 Å². The van der Waals surface area contributed by atoms with Gasteiger partial charge in [-0.2, -0.15) is 0 Å². The van der Waals surface area contributed by atoms with Gasteiger partial charge in [0.25, 0.3) is 0 Å². The molecule has 5 nitrogen and oxygen atoms in total. The summed E-state index contributed by atoms with van der Waals surface area (Å²) in [6, 6.07) is 21.9. The van der Waals surface area contributed by atoms with Crippen molar-refractivity contribution in [2.24, 2.45) is 0 Å². The van der Waals surface area contributed by atoms with Crippen LogP contribution in [0.5, 0.6) is 5.75 Å². The molecule has 1 N–H and O–H groups in total. The Balaban J connectivity index is 1.22. The fraction of sp³-hybridized carbons (Fsp3) is 0.250. The third-order valence-electron chi connectivity index (χ3n) is 5.03. The topological polar surface area (TPSA) is 58.6 Å². The molecule has 0 saturated carbocycles. The van der Waals surface area contributed by atoms with E-state index >= 15 is 0 Å². The Bertz CT molecular complexity index is 1050. The van der Waals surface area contributed by atoms with Crippen LogP contribution >= 0.6 is 11.8 Å². The molecule has 0 unspecified atom stereocenters. The van der Waals surface area contributed by atoms with Crippen molar-refractivity contribution in [3.63, 3.8) is 0 Å². The van der Waals surface area contributed by atoms with Gasteiger partial charge in [-0.3, -0.25) is 9.59 Å². The van der Waals surface area contributed by atoms with Crippen molar-refractivity contribution in [1.82, 2.24) is 5.32 Å². The van der Waals surface area contributed by atoms with Crippen molar-refractivity contribution < 1.29 is 14.3 Å². The highest BCUT2D eigenvalue weighted by Crippen LogP contribution is 2.34. The number of benzene rings is 3. The number of anilines is 1. The largest absolute Gasteiger partial charge is 0.491 e. The van der Waals surface area contributed by atoms with Crippen molar-refractivity contribution in [2.45, 2.75) is 17.7 Å². The number of hydrogen-bond donors (Lipinski definition) is 1. The van der Waals surface area contributed by atoms with E-state index in [1.54, 1.807) is 16.7 Å². The minimum absolute atomic E-state index is 0.00935. The number of ether oxygens (including phenoxy) is 1. The molecule has 0 aliphatic carbocycles. The van der Waals surface area contributed by atoms with Gasteiger partial charge in [0.2, 0.25) is 11.8 Å². The summed E-state index contributed by atoms with van der Waals surface area (Å²) >= 11 is 1.76. The van der Waals surface area contributed by atoms with Crippen molar-refractivity contribution in [2.75, 3.05) is 30.3 Å². The second-order valence-corrected chi connectivity index (χ2v) is 8.17. The molecule has 0 saturated heterocycles. The third-order valence-corrected chi connectivity index (χ3v) is 6.07. The molecule has 1 heterocycles. The monoisotopic (exact) mass is 420 g/mol. The van der Waals surface area contributed by atoms with Crippen LogP contribution in [-0.2, 0) is 9.59 Å². The Morgan fingerprint density at radius 3 is 2.70 bits per heavy atom. The molecule has 3 aromatic carbocycles. The van der Waals surface area contributed by atoms with E-state index in [1.165, 1.54) is 0 Å². The van der Waals surface area contributed by atoms with E-state index in [2.05, 4.69) is 5.32 Å². The quantitative estimate of drug-likeness (QED) is 0.581. The van der Waals surface area contributed by atoms with Gasteiger partial charge in [-0.1, -0.05) is 48.5 Å². The van der Waals surface area contributed by atoms with Gasteiger partial charge in [-0.25, -0.2) is 0 Å². The number of amides is 2. The van der Waals surface area contributed by atoms with E-state index < -0.39 is 0 Å². The average Bonchev–Trinajstić information content (AvgIpc) is 2.80. The number of nitrogens with zero attached hydrogens (tertiary/aromatic N) is 1. The molecule has 0 bridgehead atoms. The lowest BCUT2D eigenvalue weighted by Crippen LogP contribution is -2.36. The Morgan fingerprint density at radius 1 is 0.967 bits per heavy atom. The summed E-state index contributed by atoms with van der Waals surface area (Å²) in [5.74, 6) is 1.54. The molecular weight excluding hydrogens is 396 g/mol. The van der Waals surface area contributed by atoms with Crippen LogP contribution in [0.4, 0.5) is 5.69 Å². The fourth-order valence-corrected chi connectivity index (χ4v) is 4.54. The molecule has 1 aliphatic heterocycles. The number of carbonyl (C=O) groups is 2. The first-order valence-corrected chi connectivity index (χ1v) is 11.1. The summed E-state index contributed by atoms with van der Waals surface area (Å²) in [7, 11) is 0. The van der Waals surface area contributed by atoms with Gasteiger partial charge >= 0.3 is 0 Å². The third kappa shape index (κ3) is 4.76. The molecule has 0 aromatic heterocycles. The molecule has 3 aromatic rings. The van der Waals surface area contributed by atoms with Gasteiger partial charge in [0.1, 0.15) is 12.4 Å². The highest BCUT2D eigenvalue weighted by molar-refractivity contribution is 7.99. The highest BCUT2D eigenvalue weighted by Gasteiger charge is 2.22. The summed E-state index contributed by atoms with van der Waals surface area (Å²) < 4.78 is 5.84. The van der Waals surface area contributed by atoms with E-state index in [1.807, 2.05) is 66.7 Å². The van der Waals surface area contributed by atoms with Crippen molar-refractivity contribution >= 4 is 40.0 Å². The second kappa shape index (κ2) is 9.67. The van der Waals surface area contributed by atoms with Gasteiger partial charge in [-0.15, -0.1) is 11.8 Å². The van der Waals surface area contributed by atoms with Gasteiger partial charge < -0.3 is 15.0 Å². The SMILES string of the molecule is O=C(CCC(=O)N1CCSc2ccccc21)NCCOc1cccc2ccccc12. The van der Waals surface area contributed by atoms with E-state index in [9.17, 15) is 9.59 Å². The number of nitrogens with one attached hydrogen (secondary N) is 1. The molecule has 0 atom stereocenters. The number of para-hydroxylation sites is 1. The van der Waals surface area contributed by atoms with Crippen LogP contribution in [0, 0.1) is 0 Å². The lowest BCUT2D eigenvalue weighted by Gasteiger charge is -2.29. The lowest BCUT2D eigenvalue weighted by atomic mass is 10.1. The van der Waals surface area contributed by atoms with Crippen molar-refractivity contribution in [1.29, 1.82) is 0 Å². The maximum atomic E-state index is 12.6. The molecular formula is C24H24N2O3S. The summed E-state index contributed by atoms with van der Waals surface area (Å²) in [6.07, 6.45) is 0.383. The van der Waals surface area contributed by atoms with Crippen LogP contribution in [0.25, 0.3) is 10.8 Å². The van der Waals surface area contributed by atoms with E-state index in [4.69, 9.17) is 4.74 Å². The molecule has 0 fully saturated rings. The van der Waals surface area contributed by atoms with Gasteiger partial charge in [-0.05, 0) is 23.6 Å². The minimum atomic E-state index is -0.135. The van der Waals surface area contributed by atoms with Crippen LogP contribution in [0.2, 0.25) is 0 Å². The van der Waals surface area contributed by atoms with E-state index in [0.717, 1.165) is 32.9 Å². The smallest absolute Gasteiger partial charge is 0.227 e. The number of fused-ring (bicyclic) bond motifs is 2. The standard InChI is InChI=1S/C24H24N2O3S/c27-23(12-13-24(28)26-15-17-30-22-11-4-3-9-20(22)26)25-14-16-29-21-10-5-7-18-6-1-2-8-19(18)21/h1-11H,12-17H2,(H,25,27). The maximum absolute atomic E-state index is 12.6. The van der Waals surface area contributed by atoms with Gasteiger partial charge in [0.05, 0.1) is 12.2 Å². The number of thioether (sulfide) groups is 1. The second-order valence-electron chi connectivity index (χ2n) is 7.04. The summed E-state index contributed by atoms with van der Waals surface area (Å²) in [4.78, 5) is 27.7. The number of hydrogen-bond acceptors (Lipinski definition) is 4. The molecule has 30 heavy (non-hydrogen) atoms. The molecule has 2 amide bonds. The van der Waals surface area contributed by atoms with Crippen LogP contribution in [0.15, 0.2) is 71.6 Å². The zero-order valence-electron chi connectivity index (χ0n) is 16.7. The van der Waals surface area contributed by atoms with Crippen LogP contribution in [0.1, 0.15) is 12.8 Å². The fourth-order valence-electron chi connectivity index (χ4n) is 3.55. The first kappa shape index (κ1) is 20.3. The van der Waals surface area contributed by atoms with Gasteiger partial charge in [0, 0.05) is 35.4 Å². The van der Waals surface area contributed by atoms with Crippen molar-refractivity contribution in [3.8, 4) is 5.75 Å². The lowest BCUT2D eigenvalue weighted by molar-refractivity contribution is -0.125. The normalized spacial score (nSPS) is 13.0. The van der Waals surface area contributed by atoms with Gasteiger partial charge in [0.15, 0.2) is 0 Å².